The molecule has 1 heterocycles. The van der Waals surface area contributed by atoms with Crippen LogP contribution >= 0.6 is 15.9 Å². The molecule has 5 nitrogen and oxygen atoms in total. The molecule has 0 spiro atoms. The van der Waals surface area contributed by atoms with E-state index >= 15 is 0 Å². The predicted octanol–water partition coefficient (Wildman–Crippen LogP) is 5.27. The van der Waals surface area contributed by atoms with E-state index in [9.17, 15) is 10.2 Å². The SMILES string of the molecule is CCOc1cc(OCC)c2c(c1)O[C@]1(c3ccc(Br)cc3)[C@@H](c3ccccc3)CC(O)[C@]21O. The third-order valence-electron chi connectivity index (χ3n) is 6.78. The van der Waals surface area contributed by atoms with E-state index in [2.05, 4.69) is 15.9 Å². The van der Waals surface area contributed by atoms with Crippen molar-refractivity contribution < 1.29 is 24.4 Å². The molecular formula is C27H27BrO5. The fourth-order valence-electron chi connectivity index (χ4n) is 5.52. The maximum atomic E-state index is 12.5. The van der Waals surface area contributed by atoms with Crippen LogP contribution in [0.4, 0.5) is 0 Å². The molecule has 2 N–H and O–H groups in total. The van der Waals surface area contributed by atoms with E-state index in [-0.39, 0.29) is 5.92 Å². The quantitative estimate of drug-likeness (QED) is 0.472. The van der Waals surface area contributed by atoms with Crippen molar-refractivity contribution in [1.29, 1.82) is 0 Å². The summed E-state index contributed by atoms with van der Waals surface area (Å²) in [6.45, 7) is 4.69. The second-order valence-electron chi connectivity index (χ2n) is 8.49. The monoisotopic (exact) mass is 510 g/mol. The Bertz CT molecular complexity index is 1150. The first-order valence-corrected chi connectivity index (χ1v) is 12.1. The highest BCUT2D eigenvalue weighted by atomic mass is 79.9. The minimum absolute atomic E-state index is 0.294. The van der Waals surface area contributed by atoms with Gasteiger partial charge in [-0.2, -0.15) is 0 Å². The summed E-state index contributed by atoms with van der Waals surface area (Å²) in [6, 6.07) is 21.2. The van der Waals surface area contributed by atoms with Gasteiger partial charge >= 0.3 is 0 Å². The highest BCUT2D eigenvalue weighted by Crippen LogP contribution is 2.68. The first-order valence-electron chi connectivity index (χ1n) is 11.3. The van der Waals surface area contributed by atoms with Crippen LogP contribution in [0, 0.1) is 0 Å². The molecule has 1 fully saturated rings. The van der Waals surface area contributed by atoms with Gasteiger partial charge in [-0.3, -0.25) is 0 Å². The van der Waals surface area contributed by atoms with Gasteiger partial charge in [0, 0.05) is 22.5 Å². The largest absolute Gasteiger partial charge is 0.494 e. The number of fused-ring (bicyclic) bond motifs is 3. The number of aliphatic hydroxyl groups excluding tert-OH is 1. The van der Waals surface area contributed by atoms with Gasteiger partial charge < -0.3 is 24.4 Å². The van der Waals surface area contributed by atoms with Crippen LogP contribution in [0.5, 0.6) is 17.2 Å². The van der Waals surface area contributed by atoms with Crippen LogP contribution in [0.15, 0.2) is 71.2 Å². The van der Waals surface area contributed by atoms with Crippen molar-refractivity contribution in [2.75, 3.05) is 13.2 Å². The van der Waals surface area contributed by atoms with Gasteiger partial charge in [0.2, 0.25) is 0 Å². The van der Waals surface area contributed by atoms with Crippen molar-refractivity contribution in [3.8, 4) is 17.2 Å². The molecule has 0 aromatic heterocycles. The van der Waals surface area contributed by atoms with E-state index in [4.69, 9.17) is 14.2 Å². The first kappa shape index (κ1) is 22.3. The normalized spacial score (nSPS) is 27.5. The van der Waals surface area contributed by atoms with E-state index in [0.717, 1.165) is 15.6 Å². The van der Waals surface area contributed by atoms with Gasteiger partial charge in [0.25, 0.3) is 0 Å². The van der Waals surface area contributed by atoms with Crippen molar-refractivity contribution in [2.45, 2.75) is 43.5 Å². The Morgan fingerprint density at radius 1 is 1.00 bits per heavy atom. The molecule has 2 aliphatic rings. The zero-order valence-corrected chi connectivity index (χ0v) is 20.2. The van der Waals surface area contributed by atoms with Crippen molar-refractivity contribution in [1.82, 2.24) is 0 Å². The lowest BCUT2D eigenvalue weighted by molar-refractivity contribution is -0.150. The average molecular weight is 511 g/mol. The number of hydrogen-bond acceptors (Lipinski definition) is 5. The van der Waals surface area contributed by atoms with Crippen LogP contribution in [0.3, 0.4) is 0 Å². The van der Waals surface area contributed by atoms with E-state index in [0.29, 0.717) is 42.4 Å². The molecule has 3 aromatic rings. The highest BCUT2D eigenvalue weighted by Gasteiger charge is 2.73. The van der Waals surface area contributed by atoms with E-state index in [1.54, 1.807) is 12.1 Å². The van der Waals surface area contributed by atoms with Gasteiger partial charge in [-0.15, -0.1) is 0 Å². The topological polar surface area (TPSA) is 68.2 Å². The summed E-state index contributed by atoms with van der Waals surface area (Å²) in [5.74, 6) is 1.24. The minimum atomic E-state index is -1.72. The van der Waals surface area contributed by atoms with Crippen LogP contribution in [0.25, 0.3) is 0 Å². The molecule has 33 heavy (non-hydrogen) atoms. The summed E-state index contributed by atoms with van der Waals surface area (Å²) in [4.78, 5) is 0. The van der Waals surface area contributed by atoms with E-state index in [1.807, 2.05) is 68.4 Å². The fourth-order valence-corrected chi connectivity index (χ4v) is 5.79. The van der Waals surface area contributed by atoms with Crippen LogP contribution in [-0.2, 0) is 11.2 Å². The van der Waals surface area contributed by atoms with Gasteiger partial charge in [-0.25, -0.2) is 0 Å². The molecule has 1 saturated carbocycles. The maximum absolute atomic E-state index is 12.5. The molecule has 1 unspecified atom stereocenters. The molecule has 0 amide bonds. The Kier molecular flexibility index (Phi) is 5.63. The summed E-state index contributed by atoms with van der Waals surface area (Å²) in [7, 11) is 0. The maximum Gasteiger partial charge on any atom is 0.176 e. The summed E-state index contributed by atoms with van der Waals surface area (Å²) < 4.78 is 19.4. The third-order valence-corrected chi connectivity index (χ3v) is 7.30. The smallest absolute Gasteiger partial charge is 0.176 e. The predicted molar refractivity (Wildman–Crippen MR) is 129 cm³/mol. The van der Waals surface area contributed by atoms with Gasteiger partial charge in [0.15, 0.2) is 11.2 Å². The number of hydrogen-bond donors (Lipinski definition) is 2. The molecule has 1 aliphatic carbocycles. The fraction of sp³-hybridized carbons (Fsp3) is 0.333. The number of rotatable bonds is 6. The zero-order valence-electron chi connectivity index (χ0n) is 18.6. The Morgan fingerprint density at radius 2 is 1.70 bits per heavy atom. The molecule has 0 saturated heterocycles. The van der Waals surface area contributed by atoms with E-state index < -0.39 is 17.3 Å². The van der Waals surface area contributed by atoms with Gasteiger partial charge in [0.1, 0.15) is 17.2 Å². The Balaban J connectivity index is 1.79. The van der Waals surface area contributed by atoms with Crippen LogP contribution in [-0.4, -0.2) is 29.5 Å². The highest BCUT2D eigenvalue weighted by molar-refractivity contribution is 9.10. The van der Waals surface area contributed by atoms with Crippen molar-refractivity contribution in [2.24, 2.45) is 0 Å². The van der Waals surface area contributed by atoms with Gasteiger partial charge in [-0.1, -0.05) is 58.4 Å². The van der Waals surface area contributed by atoms with Crippen LogP contribution < -0.4 is 14.2 Å². The molecule has 6 heteroatoms. The number of halogens is 1. The molecular weight excluding hydrogens is 484 g/mol. The van der Waals surface area contributed by atoms with Crippen molar-refractivity contribution in [3.63, 3.8) is 0 Å². The average Bonchev–Trinajstić information content (AvgIpc) is 3.21. The lowest BCUT2D eigenvalue weighted by Gasteiger charge is -2.40. The van der Waals surface area contributed by atoms with Crippen molar-refractivity contribution >= 4 is 15.9 Å². The number of benzene rings is 3. The summed E-state index contributed by atoms with van der Waals surface area (Å²) in [6.07, 6.45) is -0.723. The molecule has 3 aromatic carbocycles. The number of ether oxygens (including phenoxy) is 3. The van der Waals surface area contributed by atoms with Crippen LogP contribution in [0.1, 0.15) is 42.9 Å². The van der Waals surface area contributed by atoms with Gasteiger partial charge in [0.05, 0.1) is 24.9 Å². The summed E-state index contributed by atoms with van der Waals surface area (Å²) >= 11 is 3.51. The molecule has 4 atom stereocenters. The molecule has 0 radical (unpaired) electrons. The summed E-state index contributed by atoms with van der Waals surface area (Å²) in [5.41, 5.74) is -0.706. The van der Waals surface area contributed by atoms with Gasteiger partial charge in [-0.05, 0) is 43.5 Å². The lowest BCUT2D eigenvalue weighted by Crippen LogP contribution is -2.52. The van der Waals surface area contributed by atoms with E-state index in [1.165, 1.54) is 0 Å². The Labute approximate surface area is 202 Å². The Morgan fingerprint density at radius 3 is 2.36 bits per heavy atom. The standard InChI is InChI=1S/C27H27BrO5/c1-3-31-20-14-22(32-4-2)25-23(15-20)33-27(18-10-12-19(28)13-11-18)21(16-24(29)26(25,27)30)17-8-6-5-7-9-17/h5-15,21,24,29-30H,3-4,16H2,1-2H3/t21-,24?,26+,27-/m1/s1. The minimum Gasteiger partial charge on any atom is -0.494 e. The van der Waals surface area contributed by atoms with Crippen LogP contribution in [0.2, 0.25) is 0 Å². The molecule has 5 rings (SSSR count). The first-order chi connectivity index (χ1) is 16.0. The molecule has 172 valence electrons. The second kappa shape index (κ2) is 8.35. The van der Waals surface area contributed by atoms with Crippen molar-refractivity contribution in [3.05, 3.63) is 87.9 Å². The zero-order chi connectivity index (χ0) is 23.2. The molecule has 0 bridgehead atoms. The lowest BCUT2D eigenvalue weighted by atomic mass is 9.71. The second-order valence-corrected chi connectivity index (χ2v) is 9.40. The number of aliphatic hydroxyl groups is 2. The molecule has 1 aliphatic heterocycles. The summed E-state index contributed by atoms with van der Waals surface area (Å²) in [5, 5.41) is 23.9. The Hall–Kier alpha value is -2.54. The third kappa shape index (κ3) is 3.19.